The molecule has 2 atom stereocenters. The van der Waals surface area contributed by atoms with Crippen LogP contribution in [0.3, 0.4) is 0 Å². The third kappa shape index (κ3) is 3.09. The van der Waals surface area contributed by atoms with Crippen LogP contribution < -0.4 is 0 Å². The number of halogens is 1. The van der Waals surface area contributed by atoms with Gasteiger partial charge in [-0.15, -0.1) is 0 Å². The molecule has 0 amide bonds. The molecule has 21 heavy (non-hydrogen) atoms. The molecule has 0 aliphatic carbocycles. The number of piperidine rings is 2. The van der Waals surface area contributed by atoms with Crippen LogP contribution in [0.1, 0.15) is 30.4 Å². The van der Waals surface area contributed by atoms with Crippen LogP contribution in [0, 0.1) is 23.1 Å². The van der Waals surface area contributed by atoms with Crippen molar-refractivity contribution in [1.29, 1.82) is 5.26 Å². The van der Waals surface area contributed by atoms with Gasteiger partial charge in [0.1, 0.15) is 5.82 Å². The highest BCUT2D eigenvalue weighted by molar-refractivity contribution is 5.33. The van der Waals surface area contributed by atoms with E-state index in [4.69, 9.17) is 5.26 Å². The minimum atomic E-state index is -0.197. The zero-order chi connectivity index (χ0) is 14.8. The summed E-state index contributed by atoms with van der Waals surface area (Å²) in [6, 6.07) is 7.43. The molecule has 0 bridgehead atoms. The maximum absolute atomic E-state index is 13.9. The molecule has 2 unspecified atom stereocenters. The average Bonchev–Trinajstić information content (AvgIpc) is 2.50. The first-order chi connectivity index (χ1) is 10.2. The first kappa shape index (κ1) is 14.5. The van der Waals surface area contributed by atoms with Crippen LogP contribution in [-0.2, 0) is 6.54 Å². The maximum Gasteiger partial charge on any atom is 0.127 e. The van der Waals surface area contributed by atoms with Gasteiger partial charge in [-0.1, -0.05) is 0 Å². The normalized spacial score (nSPS) is 27.1. The van der Waals surface area contributed by atoms with E-state index >= 15 is 0 Å². The first-order valence-corrected chi connectivity index (χ1v) is 7.78. The van der Waals surface area contributed by atoms with Gasteiger partial charge < -0.3 is 4.90 Å². The molecule has 0 aromatic heterocycles. The second-order valence-corrected chi connectivity index (χ2v) is 6.39. The molecule has 0 spiro atoms. The molecule has 3 nitrogen and oxygen atoms in total. The lowest BCUT2D eigenvalue weighted by molar-refractivity contribution is 0.0351. The van der Waals surface area contributed by atoms with Gasteiger partial charge in [0.15, 0.2) is 0 Å². The summed E-state index contributed by atoms with van der Waals surface area (Å²) in [5.74, 6) is 0.511. The number of hydrogen-bond donors (Lipinski definition) is 0. The third-order valence-electron chi connectivity index (χ3n) is 5.00. The summed E-state index contributed by atoms with van der Waals surface area (Å²) in [5, 5.41) is 8.95. The monoisotopic (exact) mass is 287 g/mol. The molecule has 2 aliphatic heterocycles. The van der Waals surface area contributed by atoms with Crippen LogP contribution in [0.2, 0.25) is 0 Å². The van der Waals surface area contributed by atoms with Crippen molar-refractivity contribution < 1.29 is 4.39 Å². The largest absolute Gasteiger partial charge is 0.303 e. The van der Waals surface area contributed by atoms with E-state index in [2.05, 4.69) is 22.9 Å². The molecule has 0 radical (unpaired) electrons. The second kappa shape index (κ2) is 6.13. The predicted molar refractivity (Wildman–Crippen MR) is 80.2 cm³/mol. The molecular formula is C17H22FN3. The van der Waals surface area contributed by atoms with Crippen molar-refractivity contribution in [3.8, 4) is 6.07 Å². The number of rotatable bonds is 2. The lowest BCUT2D eigenvalue weighted by Gasteiger charge is -2.46. The Kier molecular flexibility index (Phi) is 4.23. The Balaban J connectivity index is 1.68. The number of benzene rings is 1. The molecule has 2 aliphatic rings. The van der Waals surface area contributed by atoms with Crippen LogP contribution in [0.15, 0.2) is 18.2 Å². The quantitative estimate of drug-likeness (QED) is 0.837. The molecule has 1 aromatic carbocycles. The fourth-order valence-electron chi connectivity index (χ4n) is 3.88. The summed E-state index contributed by atoms with van der Waals surface area (Å²) < 4.78 is 13.9. The van der Waals surface area contributed by atoms with Gasteiger partial charge in [-0.3, -0.25) is 4.90 Å². The molecule has 112 valence electrons. The number of nitriles is 1. The van der Waals surface area contributed by atoms with Gasteiger partial charge in [-0.2, -0.15) is 5.26 Å². The Morgan fingerprint density at radius 2 is 2.19 bits per heavy atom. The highest BCUT2D eigenvalue weighted by Gasteiger charge is 2.34. The SMILES string of the molecule is CN1CCCC2CN(Cc3cc(C#N)ccc3F)CCC21. The lowest BCUT2D eigenvalue weighted by atomic mass is 9.84. The first-order valence-electron chi connectivity index (χ1n) is 7.78. The molecule has 0 N–H and O–H groups in total. The molecule has 2 saturated heterocycles. The highest BCUT2D eigenvalue weighted by atomic mass is 19.1. The minimum Gasteiger partial charge on any atom is -0.303 e. The van der Waals surface area contributed by atoms with Crippen molar-refractivity contribution in [3.63, 3.8) is 0 Å². The molecular weight excluding hydrogens is 265 g/mol. The fourth-order valence-corrected chi connectivity index (χ4v) is 3.88. The summed E-state index contributed by atoms with van der Waals surface area (Å²) in [4.78, 5) is 4.84. The molecule has 0 saturated carbocycles. The number of nitrogens with zero attached hydrogens (tertiary/aromatic N) is 3. The highest BCUT2D eigenvalue weighted by Crippen LogP contribution is 2.30. The van der Waals surface area contributed by atoms with E-state index in [1.165, 1.54) is 31.9 Å². The van der Waals surface area contributed by atoms with Crippen LogP contribution in [-0.4, -0.2) is 42.5 Å². The summed E-state index contributed by atoms with van der Waals surface area (Å²) in [7, 11) is 2.22. The van der Waals surface area contributed by atoms with Gasteiger partial charge >= 0.3 is 0 Å². The molecule has 2 heterocycles. The van der Waals surface area contributed by atoms with E-state index in [9.17, 15) is 4.39 Å². The van der Waals surface area contributed by atoms with Gasteiger partial charge in [0.05, 0.1) is 11.6 Å². The summed E-state index contributed by atoms with van der Waals surface area (Å²) in [6.45, 7) is 3.89. The van der Waals surface area contributed by atoms with E-state index < -0.39 is 0 Å². The van der Waals surface area contributed by atoms with Crippen molar-refractivity contribution in [2.24, 2.45) is 5.92 Å². The van der Waals surface area contributed by atoms with Gasteiger partial charge in [0.25, 0.3) is 0 Å². The van der Waals surface area contributed by atoms with Gasteiger partial charge in [0.2, 0.25) is 0 Å². The van der Waals surface area contributed by atoms with Crippen LogP contribution >= 0.6 is 0 Å². The second-order valence-electron chi connectivity index (χ2n) is 6.39. The van der Waals surface area contributed by atoms with Crippen LogP contribution in [0.4, 0.5) is 4.39 Å². The smallest absolute Gasteiger partial charge is 0.127 e. The molecule has 4 heteroatoms. The van der Waals surface area contributed by atoms with Crippen molar-refractivity contribution in [1.82, 2.24) is 9.80 Å². The van der Waals surface area contributed by atoms with E-state index in [1.807, 2.05) is 0 Å². The maximum atomic E-state index is 13.9. The number of hydrogen-bond acceptors (Lipinski definition) is 3. The Morgan fingerprint density at radius 3 is 3.00 bits per heavy atom. The summed E-state index contributed by atoms with van der Waals surface area (Å²) in [5.41, 5.74) is 1.19. The van der Waals surface area contributed by atoms with Crippen molar-refractivity contribution in [3.05, 3.63) is 35.1 Å². The number of fused-ring (bicyclic) bond motifs is 1. The van der Waals surface area contributed by atoms with Gasteiger partial charge in [-0.25, -0.2) is 4.39 Å². The topological polar surface area (TPSA) is 30.3 Å². The molecule has 3 rings (SSSR count). The van der Waals surface area contributed by atoms with E-state index in [0.717, 1.165) is 13.1 Å². The fraction of sp³-hybridized carbons (Fsp3) is 0.588. The van der Waals surface area contributed by atoms with Crippen LogP contribution in [0.25, 0.3) is 0 Å². The molecule has 1 aromatic rings. The minimum absolute atomic E-state index is 0.197. The lowest BCUT2D eigenvalue weighted by Crippen LogP contribution is -2.52. The summed E-state index contributed by atoms with van der Waals surface area (Å²) in [6.07, 6.45) is 3.72. The zero-order valence-electron chi connectivity index (χ0n) is 12.6. The van der Waals surface area contributed by atoms with E-state index in [-0.39, 0.29) is 5.82 Å². The van der Waals surface area contributed by atoms with Crippen molar-refractivity contribution >= 4 is 0 Å². The van der Waals surface area contributed by atoms with E-state index in [0.29, 0.717) is 29.6 Å². The third-order valence-corrected chi connectivity index (χ3v) is 5.00. The zero-order valence-corrected chi connectivity index (χ0v) is 12.6. The Labute approximate surface area is 126 Å². The number of likely N-dealkylation sites (tertiary alicyclic amines) is 2. The van der Waals surface area contributed by atoms with E-state index in [1.54, 1.807) is 12.1 Å². The predicted octanol–water partition coefficient (Wildman–Crippen LogP) is 2.61. The average molecular weight is 287 g/mol. The van der Waals surface area contributed by atoms with Gasteiger partial charge in [0, 0.05) is 24.7 Å². The standard InChI is InChI=1S/C17H22FN3/c1-20-7-2-3-14-11-21(8-6-17(14)20)12-15-9-13(10-19)4-5-16(15)18/h4-5,9,14,17H,2-3,6-8,11-12H2,1H3. The Morgan fingerprint density at radius 1 is 1.33 bits per heavy atom. The van der Waals surface area contributed by atoms with Crippen LogP contribution in [0.5, 0.6) is 0 Å². The van der Waals surface area contributed by atoms with Crippen molar-refractivity contribution in [2.45, 2.75) is 31.8 Å². The molecule has 2 fully saturated rings. The Hall–Kier alpha value is -1.44. The summed E-state index contributed by atoms with van der Waals surface area (Å²) >= 11 is 0. The van der Waals surface area contributed by atoms with Gasteiger partial charge in [-0.05, 0) is 63.5 Å². The van der Waals surface area contributed by atoms with Crippen molar-refractivity contribution in [2.75, 3.05) is 26.7 Å². The Bertz CT molecular complexity index is 551.